The molecular formula is C10H14ClN3O3. The van der Waals surface area contributed by atoms with Gasteiger partial charge in [0.2, 0.25) is 0 Å². The Bertz CT molecular complexity index is 470. The molecule has 0 aliphatic rings. The summed E-state index contributed by atoms with van der Waals surface area (Å²) in [5.74, 6) is -1.11. The first-order chi connectivity index (χ1) is 7.91. The molecule has 0 bridgehead atoms. The second-order valence-electron chi connectivity index (χ2n) is 3.88. The summed E-state index contributed by atoms with van der Waals surface area (Å²) in [7, 11) is 3.76. The number of carbonyl (C=O) groups is 1. The van der Waals surface area contributed by atoms with Gasteiger partial charge in [-0.05, 0) is 20.5 Å². The van der Waals surface area contributed by atoms with Gasteiger partial charge in [-0.3, -0.25) is 9.59 Å². The lowest BCUT2D eigenvalue weighted by Crippen LogP contribution is -2.30. The lowest BCUT2D eigenvalue weighted by atomic mass is 10.2. The summed E-state index contributed by atoms with van der Waals surface area (Å²) >= 11 is 5.88. The summed E-state index contributed by atoms with van der Waals surface area (Å²) in [5.41, 5.74) is -0.0432. The van der Waals surface area contributed by atoms with Crippen molar-refractivity contribution in [1.29, 1.82) is 0 Å². The molecule has 0 aliphatic carbocycles. The molecule has 1 aromatic rings. The van der Waals surface area contributed by atoms with Gasteiger partial charge in [0.15, 0.2) is 0 Å². The van der Waals surface area contributed by atoms with Crippen LogP contribution in [0.2, 0.25) is 5.02 Å². The number of nitrogens with zero attached hydrogens (tertiary/aromatic N) is 3. The maximum atomic E-state index is 11.9. The Balaban J connectivity index is 3.02. The van der Waals surface area contributed by atoms with Gasteiger partial charge in [-0.1, -0.05) is 11.6 Å². The third-order valence-corrected chi connectivity index (χ3v) is 2.51. The number of likely N-dealkylation sites (N-methyl/N-ethyl adjacent to an activating group) is 1. The summed E-state index contributed by atoms with van der Waals surface area (Å²) < 4.78 is 0.902. The van der Waals surface area contributed by atoms with E-state index in [9.17, 15) is 9.59 Å². The Morgan fingerprint density at radius 2 is 2.24 bits per heavy atom. The fourth-order valence-corrected chi connectivity index (χ4v) is 1.53. The van der Waals surface area contributed by atoms with Gasteiger partial charge < -0.3 is 10.0 Å². The third-order valence-electron chi connectivity index (χ3n) is 2.19. The van der Waals surface area contributed by atoms with Gasteiger partial charge in [-0.15, -0.1) is 0 Å². The topological polar surface area (TPSA) is 75.4 Å². The molecule has 0 radical (unpaired) electrons. The van der Waals surface area contributed by atoms with Gasteiger partial charge in [0.05, 0.1) is 11.2 Å². The average molecular weight is 260 g/mol. The summed E-state index contributed by atoms with van der Waals surface area (Å²) in [6, 6.07) is 0. The molecule has 0 spiro atoms. The van der Waals surface area contributed by atoms with E-state index in [1.165, 1.54) is 6.20 Å². The van der Waals surface area contributed by atoms with Crippen LogP contribution in [0.1, 0.15) is 5.56 Å². The summed E-state index contributed by atoms with van der Waals surface area (Å²) in [4.78, 5) is 24.3. The highest BCUT2D eigenvalue weighted by molar-refractivity contribution is 6.31. The van der Waals surface area contributed by atoms with Crippen LogP contribution in [-0.2, 0) is 17.8 Å². The van der Waals surface area contributed by atoms with Crippen molar-refractivity contribution >= 4 is 17.6 Å². The van der Waals surface area contributed by atoms with E-state index >= 15 is 0 Å². The van der Waals surface area contributed by atoms with Crippen LogP contribution in [0.5, 0.6) is 0 Å². The van der Waals surface area contributed by atoms with Crippen LogP contribution in [0, 0.1) is 0 Å². The molecule has 0 aromatic carbocycles. The fourth-order valence-electron chi connectivity index (χ4n) is 1.31. The van der Waals surface area contributed by atoms with Crippen LogP contribution in [-0.4, -0.2) is 46.4 Å². The molecule has 6 nitrogen and oxygen atoms in total. The van der Waals surface area contributed by atoms with Gasteiger partial charge in [-0.2, -0.15) is 5.10 Å². The number of hydrogen-bond acceptors (Lipinski definition) is 4. The summed E-state index contributed by atoms with van der Waals surface area (Å²) in [6.07, 6.45) is 1.77. The summed E-state index contributed by atoms with van der Waals surface area (Å²) in [6.45, 7) is 0.205. The Hall–Kier alpha value is -1.40. The Morgan fingerprint density at radius 3 is 2.76 bits per heavy atom. The highest BCUT2D eigenvalue weighted by Crippen LogP contribution is 2.10. The lowest BCUT2D eigenvalue weighted by Gasteiger charge is -2.10. The van der Waals surface area contributed by atoms with Gasteiger partial charge in [0, 0.05) is 12.1 Å². The van der Waals surface area contributed by atoms with E-state index in [0.717, 1.165) is 4.68 Å². The maximum Gasteiger partial charge on any atom is 0.325 e. The molecule has 0 saturated carbocycles. The number of carboxylic acid groups (broad SMARTS) is 1. The molecule has 1 heterocycles. The van der Waals surface area contributed by atoms with E-state index in [-0.39, 0.29) is 5.02 Å². The van der Waals surface area contributed by atoms with Crippen molar-refractivity contribution in [2.75, 3.05) is 20.6 Å². The molecule has 7 heteroatoms. The SMILES string of the molecule is CN(C)CCc1c(Cl)cnn(CC(=O)O)c1=O. The van der Waals surface area contributed by atoms with Gasteiger partial charge in [0.1, 0.15) is 6.54 Å². The molecule has 1 rings (SSSR count). The minimum atomic E-state index is -1.11. The molecular weight excluding hydrogens is 246 g/mol. The Kier molecular flexibility index (Phi) is 4.65. The molecule has 94 valence electrons. The van der Waals surface area contributed by atoms with E-state index < -0.39 is 18.1 Å². The molecule has 0 atom stereocenters. The maximum absolute atomic E-state index is 11.9. The number of hydrogen-bond donors (Lipinski definition) is 1. The third kappa shape index (κ3) is 3.83. The van der Waals surface area contributed by atoms with Crippen molar-refractivity contribution < 1.29 is 9.90 Å². The molecule has 0 fully saturated rings. The van der Waals surface area contributed by atoms with E-state index in [1.807, 2.05) is 19.0 Å². The highest BCUT2D eigenvalue weighted by atomic mass is 35.5. The molecule has 0 amide bonds. The van der Waals surface area contributed by atoms with Crippen molar-refractivity contribution in [3.63, 3.8) is 0 Å². The van der Waals surface area contributed by atoms with Crippen molar-refractivity contribution in [3.8, 4) is 0 Å². The van der Waals surface area contributed by atoms with Gasteiger partial charge >= 0.3 is 5.97 Å². The van der Waals surface area contributed by atoms with Crippen LogP contribution < -0.4 is 5.56 Å². The standard InChI is InChI=1S/C10H14ClN3O3/c1-13(2)4-3-7-8(11)5-12-14(10(7)17)6-9(15)16/h5H,3-4,6H2,1-2H3,(H,15,16). The Morgan fingerprint density at radius 1 is 1.59 bits per heavy atom. The zero-order chi connectivity index (χ0) is 13.0. The predicted octanol–water partition coefficient (Wildman–Crippen LogP) is 0.0854. The molecule has 1 aromatic heterocycles. The fraction of sp³-hybridized carbons (Fsp3) is 0.500. The summed E-state index contributed by atoms with van der Waals surface area (Å²) in [5, 5.41) is 12.6. The van der Waals surface area contributed by atoms with Crippen LogP contribution >= 0.6 is 11.6 Å². The quantitative estimate of drug-likeness (QED) is 0.811. The number of halogens is 1. The molecule has 0 unspecified atom stereocenters. The second kappa shape index (κ2) is 5.79. The predicted molar refractivity (Wildman–Crippen MR) is 63.4 cm³/mol. The number of rotatable bonds is 5. The first-order valence-electron chi connectivity index (χ1n) is 5.03. The normalized spacial score (nSPS) is 10.8. The van der Waals surface area contributed by atoms with Crippen LogP contribution in [0.3, 0.4) is 0 Å². The lowest BCUT2D eigenvalue weighted by molar-refractivity contribution is -0.138. The van der Waals surface area contributed by atoms with Crippen molar-refractivity contribution in [2.24, 2.45) is 0 Å². The highest BCUT2D eigenvalue weighted by Gasteiger charge is 2.11. The van der Waals surface area contributed by atoms with E-state index in [4.69, 9.17) is 16.7 Å². The van der Waals surface area contributed by atoms with Crippen molar-refractivity contribution in [1.82, 2.24) is 14.7 Å². The van der Waals surface area contributed by atoms with E-state index in [2.05, 4.69) is 5.10 Å². The average Bonchev–Trinajstić information content (AvgIpc) is 2.21. The molecule has 0 saturated heterocycles. The van der Waals surface area contributed by atoms with Crippen LogP contribution in [0.4, 0.5) is 0 Å². The smallest absolute Gasteiger partial charge is 0.325 e. The van der Waals surface area contributed by atoms with Crippen molar-refractivity contribution in [3.05, 3.63) is 27.1 Å². The Labute approximate surface area is 103 Å². The first kappa shape index (κ1) is 13.7. The molecule has 1 N–H and O–H groups in total. The van der Waals surface area contributed by atoms with Gasteiger partial charge in [0.25, 0.3) is 5.56 Å². The number of aromatic nitrogens is 2. The first-order valence-corrected chi connectivity index (χ1v) is 5.40. The molecule has 0 aliphatic heterocycles. The zero-order valence-electron chi connectivity index (χ0n) is 9.68. The molecule has 17 heavy (non-hydrogen) atoms. The zero-order valence-corrected chi connectivity index (χ0v) is 10.4. The largest absolute Gasteiger partial charge is 0.480 e. The van der Waals surface area contributed by atoms with E-state index in [1.54, 1.807) is 0 Å². The van der Waals surface area contributed by atoms with Crippen LogP contribution in [0.25, 0.3) is 0 Å². The minimum absolute atomic E-state index is 0.276. The van der Waals surface area contributed by atoms with E-state index in [0.29, 0.717) is 18.5 Å². The van der Waals surface area contributed by atoms with Crippen molar-refractivity contribution in [2.45, 2.75) is 13.0 Å². The number of aliphatic carboxylic acids is 1. The van der Waals surface area contributed by atoms with Gasteiger partial charge in [-0.25, -0.2) is 4.68 Å². The monoisotopic (exact) mass is 259 g/mol. The number of carboxylic acids is 1. The minimum Gasteiger partial charge on any atom is -0.480 e. The second-order valence-corrected chi connectivity index (χ2v) is 4.29. The van der Waals surface area contributed by atoms with Crippen LogP contribution in [0.15, 0.2) is 11.0 Å².